The lowest BCUT2D eigenvalue weighted by atomic mass is 10.1. The van der Waals surface area contributed by atoms with Crippen LogP contribution in [0.5, 0.6) is 11.5 Å². The summed E-state index contributed by atoms with van der Waals surface area (Å²) in [5.41, 5.74) is 6.14. The van der Waals surface area contributed by atoms with E-state index in [1.54, 1.807) is 26.0 Å². The molecule has 0 saturated carbocycles. The summed E-state index contributed by atoms with van der Waals surface area (Å²) < 4.78 is 16.8. The number of rotatable bonds is 8. The quantitative estimate of drug-likeness (QED) is 0.617. The van der Waals surface area contributed by atoms with E-state index >= 15 is 0 Å². The van der Waals surface area contributed by atoms with Gasteiger partial charge in [0.15, 0.2) is 23.3 Å². The fourth-order valence-corrected chi connectivity index (χ4v) is 2.71. The summed E-state index contributed by atoms with van der Waals surface area (Å²) in [7, 11) is 0. The van der Waals surface area contributed by atoms with Gasteiger partial charge in [-0.1, -0.05) is 0 Å². The highest BCUT2D eigenvalue weighted by Gasteiger charge is 2.23. The zero-order valence-electron chi connectivity index (χ0n) is 14.5. The number of aromatic amines is 1. The number of amides is 1. The molecule has 0 spiro atoms. The van der Waals surface area contributed by atoms with E-state index in [0.717, 1.165) is 0 Å². The molecule has 1 heterocycles. The summed E-state index contributed by atoms with van der Waals surface area (Å²) in [6.45, 7) is 5.73. The summed E-state index contributed by atoms with van der Waals surface area (Å²) in [6, 6.07) is 3.30. The first kappa shape index (κ1) is 19.7. The Hall–Kier alpha value is -2.62. The highest BCUT2D eigenvalue weighted by molar-refractivity contribution is 9.10. The predicted molar refractivity (Wildman–Crippen MR) is 95.9 cm³/mol. The van der Waals surface area contributed by atoms with Crippen LogP contribution in [0.2, 0.25) is 0 Å². The van der Waals surface area contributed by atoms with Gasteiger partial charge < -0.3 is 19.9 Å². The van der Waals surface area contributed by atoms with E-state index < -0.39 is 18.0 Å². The number of esters is 1. The van der Waals surface area contributed by atoms with Crippen molar-refractivity contribution in [3.05, 3.63) is 22.3 Å². The number of H-pyrrole nitrogens is 1. The van der Waals surface area contributed by atoms with Crippen molar-refractivity contribution in [1.29, 1.82) is 0 Å². The van der Waals surface area contributed by atoms with E-state index in [2.05, 4.69) is 31.3 Å². The minimum Gasteiger partial charge on any atom is -0.490 e. The number of ether oxygens (including phenoxy) is 3. The van der Waals surface area contributed by atoms with Crippen molar-refractivity contribution < 1.29 is 23.8 Å². The molecule has 140 valence electrons. The number of aromatic nitrogens is 3. The molecule has 3 N–H and O–H groups in total. The molecule has 1 atom stereocenters. The maximum absolute atomic E-state index is 11.8. The van der Waals surface area contributed by atoms with Crippen LogP contribution in [0, 0.1) is 0 Å². The fourth-order valence-electron chi connectivity index (χ4n) is 2.17. The Labute approximate surface area is 158 Å². The maximum atomic E-state index is 11.8. The van der Waals surface area contributed by atoms with E-state index in [1.807, 2.05) is 6.92 Å². The monoisotopic (exact) mass is 426 g/mol. The second-order valence-electron chi connectivity index (χ2n) is 5.12. The van der Waals surface area contributed by atoms with Crippen molar-refractivity contribution in [2.45, 2.75) is 26.9 Å². The normalized spacial score (nSPS) is 11.7. The predicted octanol–water partition coefficient (Wildman–Crippen LogP) is 2.06. The topological polar surface area (TPSA) is 129 Å². The van der Waals surface area contributed by atoms with Crippen LogP contribution < -0.4 is 15.2 Å². The van der Waals surface area contributed by atoms with Crippen LogP contribution in [0.4, 0.5) is 0 Å². The Morgan fingerprint density at radius 2 is 2.00 bits per heavy atom. The number of halogens is 1. The Bertz CT molecular complexity index is 808. The summed E-state index contributed by atoms with van der Waals surface area (Å²) in [6.07, 6.45) is -0.829. The van der Waals surface area contributed by atoms with Gasteiger partial charge in [-0.05, 0) is 48.8 Å². The summed E-state index contributed by atoms with van der Waals surface area (Å²) >= 11 is 3.40. The minimum atomic E-state index is -0.829. The molecule has 1 aromatic heterocycles. The zero-order valence-corrected chi connectivity index (χ0v) is 16.1. The molecule has 10 heteroatoms. The van der Waals surface area contributed by atoms with E-state index in [4.69, 9.17) is 19.9 Å². The van der Waals surface area contributed by atoms with Crippen LogP contribution in [0.25, 0.3) is 11.3 Å². The number of benzene rings is 1. The van der Waals surface area contributed by atoms with Gasteiger partial charge in [-0.3, -0.25) is 4.79 Å². The van der Waals surface area contributed by atoms with Crippen molar-refractivity contribution >= 4 is 27.8 Å². The van der Waals surface area contributed by atoms with Gasteiger partial charge in [-0.25, -0.2) is 4.79 Å². The molecule has 0 radical (unpaired) electrons. The van der Waals surface area contributed by atoms with Crippen LogP contribution in [0.15, 0.2) is 16.6 Å². The Morgan fingerprint density at radius 1 is 1.27 bits per heavy atom. The molecule has 0 fully saturated rings. The Kier molecular flexibility index (Phi) is 6.56. The van der Waals surface area contributed by atoms with Crippen molar-refractivity contribution in [3.8, 4) is 22.8 Å². The number of hydrogen-bond acceptors (Lipinski definition) is 7. The number of carbonyl (C=O) groups excluding carboxylic acids is 2. The van der Waals surface area contributed by atoms with Crippen LogP contribution >= 0.6 is 15.9 Å². The smallest absolute Gasteiger partial charge is 0.347 e. The molecule has 1 aromatic carbocycles. The summed E-state index contributed by atoms with van der Waals surface area (Å²) in [4.78, 5) is 23.3. The lowest BCUT2D eigenvalue weighted by Crippen LogP contribution is -2.26. The molecule has 2 rings (SSSR count). The standard InChI is InChI=1S/C16H19BrN4O5/c1-4-24-11-7-9(12-13(15(18)22)20-21-19-12)6-10(17)14(11)26-8(3)16(23)25-5-2/h6-8H,4-5H2,1-3H3,(H2,18,22)(H,19,20,21). The highest BCUT2D eigenvalue weighted by atomic mass is 79.9. The van der Waals surface area contributed by atoms with Gasteiger partial charge in [-0.2, -0.15) is 15.4 Å². The zero-order chi connectivity index (χ0) is 19.3. The summed E-state index contributed by atoms with van der Waals surface area (Å²) in [5.74, 6) is -0.496. The third-order valence-corrected chi connectivity index (χ3v) is 3.87. The first-order chi connectivity index (χ1) is 12.4. The van der Waals surface area contributed by atoms with E-state index in [0.29, 0.717) is 28.1 Å². The number of nitrogens with one attached hydrogen (secondary N) is 1. The lowest BCUT2D eigenvalue weighted by Gasteiger charge is -2.18. The molecule has 1 unspecified atom stereocenters. The van der Waals surface area contributed by atoms with Crippen LogP contribution in [0.1, 0.15) is 31.3 Å². The fraction of sp³-hybridized carbons (Fsp3) is 0.375. The van der Waals surface area contributed by atoms with Crippen molar-refractivity contribution in [2.75, 3.05) is 13.2 Å². The van der Waals surface area contributed by atoms with Gasteiger partial charge in [-0.15, -0.1) is 0 Å². The molecular weight excluding hydrogens is 408 g/mol. The first-order valence-corrected chi connectivity index (χ1v) is 8.68. The molecule has 9 nitrogen and oxygen atoms in total. The lowest BCUT2D eigenvalue weighted by molar-refractivity contribution is -0.150. The van der Waals surface area contributed by atoms with Gasteiger partial charge in [0.2, 0.25) is 0 Å². The Morgan fingerprint density at radius 3 is 2.62 bits per heavy atom. The molecule has 2 aromatic rings. The third-order valence-electron chi connectivity index (χ3n) is 3.28. The SMILES string of the molecule is CCOC(=O)C(C)Oc1c(Br)cc(-c2n[nH]nc2C(N)=O)cc1OCC. The second kappa shape index (κ2) is 8.65. The molecule has 1 amide bonds. The molecular formula is C16H19BrN4O5. The van der Waals surface area contributed by atoms with Gasteiger partial charge >= 0.3 is 5.97 Å². The van der Waals surface area contributed by atoms with Crippen molar-refractivity contribution in [3.63, 3.8) is 0 Å². The number of primary amides is 1. The molecule has 0 aliphatic carbocycles. The van der Waals surface area contributed by atoms with E-state index in [1.165, 1.54) is 0 Å². The van der Waals surface area contributed by atoms with Crippen LogP contribution in [-0.2, 0) is 9.53 Å². The number of nitrogens with zero attached hydrogens (tertiary/aromatic N) is 2. The minimum absolute atomic E-state index is 0.00732. The maximum Gasteiger partial charge on any atom is 0.347 e. The second-order valence-corrected chi connectivity index (χ2v) is 5.97. The van der Waals surface area contributed by atoms with E-state index in [-0.39, 0.29) is 18.0 Å². The van der Waals surface area contributed by atoms with Crippen LogP contribution in [0.3, 0.4) is 0 Å². The van der Waals surface area contributed by atoms with E-state index in [9.17, 15) is 9.59 Å². The summed E-state index contributed by atoms with van der Waals surface area (Å²) in [5, 5.41) is 10.1. The number of hydrogen-bond donors (Lipinski definition) is 2. The molecule has 26 heavy (non-hydrogen) atoms. The average Bonchev–Trinajstić information content (AvgIpc) is 3.08. The average molecular weight is 427 g/mol. The van der Waals surface area contributed by atoms with Crippen LogP contribution in [-0.4, -0.2) is 46.6 Å². The van der Waals surface area contributed by atoms with Crippen molar-refractivity contribution in [2.24, 2.45) is 5.73 Å². The van der Waals surface area contributed by atoms with Gasteiger partial charge in [0, 0.05) is 5.56 Å². The first-order valence-electron chi connectivity index (χ1n) is 7.89. The van der Waals surface area contributed by atoms with Gasteiger partial charge in [0.05, 0.1) is 17.7 Å². The molecule has 0 aliphatic rings. The van der Waals surface area contributed by atoms with Gasteiger partial charge in [0.1, 0.15) is 5.69 Å². The largest absolute Gasteiger partial charge is 0.490 e. The molecule has 0 saturated heterocycles. The Balaban J connectivity index is 2.43. The molecule has 0 aliphatic heterocycles. The number of nitrogens with two attached hydrogens (primary N) is 1. The third kappa shape index (κ3) is 4.31. The number of carbonyl (C=O) groups is 2. The van der Waals surface area contributed by atoms with Gasteiger partial charge in [0.25, 0.3) is 5.91 Å². The highest BCUT2D eigenvalue weighted by Crippen LogP contribution is 2.40. The molecule has 0 bridgehead atoms. The van der Waals surface area contributed by atoms with Crippen molar-refractivity contribution in [1.82, 2.24) is 15.4 Å².